The van der Waals surface area contributed by atoms with Gasteiger partial charge in [-0.2, -0.15) is 0 Å². The first-order valence-electron chi connectivity index (χ1n) is 7.74. The van der Waals surface area contributed by atoms with Gasteiger partial charge in [-0.05, 0) is 42.3 Å². The Morgan fingerprint density at radius 2 is 1.88 bits per heavy atom. The minimum atomic E-state index is -0.440. The Hall–Kier alpha value is -1.46. The van der Waals surface area contributed by atoms with Crippen molar-refractivity contribution in [2.24, 2.45) is 0 Å². The van der Waals surface area contributed by atoms with Crippen molar-refractivity contribution < 1.29 is 14.6 Å². The van der Waals surface area contributed by atoms with Crippen molar-refractivity contribution >= 4 is 23.2 Å². The van der Waals surface area contributed by atoms with Gasteiger partial charge in [0.15, 0.2) is 11.5 Å². The predicted octanol–water partition coefficient (Wildman–Crippen LogP) is 4.11. The summed E-state index contributed by atoms with van der Waals surface area (Å²) in [6.07, 6.45) is -0.440. The van der Waals surface area contributed by atoms with Gasteiger partial charge in [-0.1, -0.05) is 35.3 Å². The molecule has 0 fully saturated rings. The molecule has 128 valence electrons. The van der Waals surface area contributed by atoms with Crippen LogP contribution in [-0.4, -0.2) is 29.4 Å². The minimum Gasteiger partial charge on any atom is -0.454 e. The van der Waals surface area contributed by atoms with Crippen LogP contribution in [-0.2, 0) is 13.1 Å². The second-order valence-electron chi connectivity index (χ2n) is 5.94. The molecule has 1 N–H and O–H groups in total. The Kier molecular flexibility index (Phi) is 5.51. The first kappa shape index (κ1) is 17.4. The Morgan fingerprint density at radius 3 is 2.62 bits per heavy atom. The van der Waals surface area contributed by atoms with Crippen LogP contribution in [0, 0.1) is 0 Å². The van der Waals surface area contributed by atoms with Crippen LogP contribution in [0.25, 0.3) is 0 Å². The molecule has 2 aromatic carbocycles. The number of nitrogens with zero attached hydrogens (tertiary/aromatic N) is 1. The van der Waals surface area contributed by atoms with Crippen molar-refractivity contribution in [3.05, 3.63) is 57.6 Å². The first-order chi connectivity index (χ1) is 11.5. The molecule has 0 aliphatic carbocycles. The highest BCUT2D eigenvalue weighted by molar-refractivity contribution is 6.35. The Morgan fingerprint density at radius 1 is 1.08 bits per heavy atom. The molecule has 24 heavy (non-hydrogen) atoms. The number of benzene rings is 2. The molecule has 0 saturated heterocycles. The highest BCUT2D eigenvalue weighted by atomic mass is 35.5. The third-order valence-electron chi connectivity index (χ3n) is 3.77. The molecule has 2 aromatic rings. The molecule has 3 rings (SSSR count). The smallest absolute Gasteiger partial charge is 0.231 e. The fourth-order valence-corrected chi connectivity index (χ4v) is 3.22. The summed E-state index contributed by atoms with van der Waals surface area (Å²) in [6.45, 7) is 3.86. The van der Waals surface area contributed by atoms with E-state index in [0.29, 0.717) is 29.7 Å². The van der Waals surface area contributed by atoms with E-state index in [9.17, 15) is 5.11 Å². The number of rotatable bonds is 6. The van der Waals surface area contributed by atoms with Crippen LogP contribution in [0.4, 0.5) is 0 Å². The molecule has 0 radical (unpaired) electrons. The largest absolute Gasteiger partial charge is 0.454 e. The first-order valence-corrected chi connectivity index (χ1v) is 8.50. The molecular formula is C18H19Cl2NO3. The van der Waals surface area contributed by atoms with Crippen molar-refractivity contribution in [3.63, 3.8) is 0 Å². The van der Waals surface area contributed by atoms with Crippen LogP contribution in [0.2, 0.25) is 10.0 Å². The number of halogens is 2. The number of hydrogen-bond donors (Lipinski definition) is 1. The molecule has 1 atom stereocenters. The van der Waals surface area contributed by atoms with Gasteiger partial charge < -0.3 is 14.6 Å². The lowest BCUT2D eigenvalue weighted by Crippen LogP contribution is -2.30. The van der Waals surface area contributed by atoms with E-state index in [0.717, 1.165) is 22.6 Å². The van der Waals surface area contributed by atoms with Gasteiger partial charge >= 0.3 is 0 Å². The quantitative estimate of drug-likeness (QED) is 0.834. The molecule has 0 aromatic heterocycles. The van der Waals surface area contributed by atoms with Crippen LogP contribution >= 0.6 is 23.2 Å². The normalized spacial score (nSPS) is 14.2. The second kappa shape index (κ2) is 7.62. The maximum Gasteiger partial charge on any atom is 0.231 e. The van der Waals surface area contributed by atoms with Gasteiger partial charge in [-0.25, -0.2) is 0 Å². The van der Waals surface area contributed by atoms with Gasteiger partial charge in [0, 0.05) is 29.7 Å². The van der Waals surface area contributed by atoms with E-state index in [1.807, 2.05) is 30.3 Å². The van der Waals surface area contributed by atoms with Crippen molar-refractivity contribution in [1.29, 1.82) is 0 Å². The van der Waals surface area contributed by atoms with E-state index < -0.39 is 6.10 Å². The molecule has 4 nitrogen and oxygen atoms in total. The third kappa shape index (κ3) is 4.33. The van der Waals surface area contributed by atoms with Crippen LogP contribution in [0.3, 0.4) is 0 Å². The molecule has 1 unspecified atom stereocenters. The fourth-order valence-electron chi connectivity index (χ4n) is 2.75. The lowest BCUT2D eigenvalue weighted by molar-refractivity contribution is 0.118. The number of ether oxygens (including phenoxy) is 2. The number of aliphatic hydroxyl groups excluding tert-OH is 1. The number of hydrogen-bond acceptors (Lipinski definition) is 4. The van der Waals surface area contributed by atoms with Crippen molar-refractivity contribution in [3.8, 4) is 11.5 Å². The summed E-state index contributed by atoms with van der Waals surface area (Å²) in [5, 5.41) is 11.0. The summed E-state index contributed by atoms with van der Waals surface area (Å²) in [5.74, 6) is 1.52. The van der Waals surface area contributed by atoms with E-state index in [2.05, 4.69) is 4.90 Å². The minimum absolute atomic E-state index is 0.260. The molecule has 1 aliphatic heterocycles. The second-order valence-corrected chi connectivity index (χ2v) is 6.79. The fraction of sp³-hybridized carbons (Fsp3) is 0.333. The molecule has 6 heteroatoms. The monoisotopic (exact) mass is 367 g/mol. The Balaban J connectivity index is 1.76. The van der Waals surface area contributed by atoms with E-state index in [1.165, 1.54) is 0 Å². The highest BCUT2D eigenvalue weighted by Crippen LogP contribution is 2.33. The van der Waals surface area contributed by atoms with Gasteiger partial charge in [0.2, 0.25) is 6.79 Å². The standard InChI is InChI=1S/C18H19Cl2NO3/c1-12(22)8-21(10-14-3-4-15(19)7-16(14)20)9-13-2-5-17-18(6-13)24-11-23-17/h2-7,12,22H,8-11H2,1H3. The van der Waals surface area contributed by atoms with Gasteiger partial charge in [-0.15, -0.1) is 0 Å². The average molecular weight is 368 g/mol. The average Bonchev–Trinajstić information content (AvgIpc) is 2.97. The zero-order valence-corrected chi connectivity index (χ0v) is 14.8. The third-order valence-corrected chi connectivity index (χ3v) is 4.36. The highest BCUT2D eigenvalue weighted by Gasteiger charge is 2.16. The predicted molar refractivity (Wildman–Crippen MR) is 94.8 cm³/mol. The van der Waals surface area contributed by atoms with E-state index >= 15 is 0 Å². The molecule has 1 heterocycles. The van der Waals surface area contributed by atoms with Crippen LogP contribution in [0.5, 0.6) is 11.5 Å². The van der Waals surface area contributed by atoms with Crippen LogP contribution < -0.4 is 9.47 Å². The topological polar surface area (TPSA) is 41.9 Å². The molecule has 0 bridgehead atoms. The summed E-state index contributed by atoms with van der Waals surface area (Å²) in [5.41, 5.74) is 2.06. The zero-order chi connectivity index (χ0) is 17.1. The summed E-state index contributed by atoms with van der Waals surface area (Å²) in [6, 6.07) is 11.4. The molecule has 0 spiro atoms. The van der Waals surface area contributed by atoms with E-state index in [-0.39, 0.29) is 6.79 Å². The van der Waals surface area contributed by atoms with Crippen molar-refractivity contribution in [1.82, 2.24) is 4.90 Å². The lowest BCUT2D eigenvalue weighted by Gasteiger charge is -2.24. The maximum absolute atomic E-state index is 9.81. The van der Waals surface area contributed by atoms with Gasteiger partial charge in [0.1, 0.15) is 0 Å². The molecular weight excluding hydrogens is 349 g/mol. The van der Waals surface area contributed by atoms with Crippen molar-refractivity contribution in [2.75, 3.05) is 13.3 Å². The van der Waals surface area contributed by atoms with Gasteiger partial charge in [0.25, 0.3) is 0 Å². The summed E-state index contributed by atoms with van der Waals surface area (Å²) < 4.78 is 10.8. The SMILES string of the molecule is CC(O)CN(Cc1ccc2c(c1)OCO2)Cc1ccc(Cl)cc1Cl. The molecule has 0 saturated carbocycles. The number of fused-ring (bicyclic) bond motifs is 1. The summed E-state index contributed by atoms with van der Waals surface area (Å²) in [7, 11) is 0. The van der Waals surface area contributed by atoms with Gasteiger partial charge in [0.05, 0.1) is 6.10 Å². The number of aliphatic hydroxyl groups is 1. The van der Waals surface area contributed by atoms with Crippen LogP contribution in [0.1, 0.15) is 18.1 Å². The van der Waals surface area contributed by atoms with Crippen LogP contribution in [0.15, 0.2) is 36.4 Å². The molecule has 1 aliphatic rings. The summed E-state index contributed by atoms with van der Waals surface area (Å²) in [4.78, 5) is 2.14. The van der Waals surface area contributed by atoms with Gasteiger partial charge in [-0.3, -0.25) is 4.90 Å². The zero-order valence-electron chi connectivity index (χ0n) is 13.3. The maximum atomic E-state index is 9.81. The van der Waals surface area contributed by atoms with E-state index in [1.54, 1.807) is 13.0 Å². The van der Waals surface area contributed by atoms with Crippen molar-refractivity contribution in [2.45, 2.75) is 26.1 Å². The Labute approximate surface area is 151 Å². The lowest BCUT2D eigenvalue weighted by atomic mass is 10.1. The summed E-state index contributed by atoms with van der Waals surface area (Å²) >= 11 is 12.2. The van der Waals surface area contributed by atoms with E-state index in [4.69, 9.17) is 32.7 Å². The Bertz CT molecular complexity index is 721. The molecule has 0 amide bonds.